The van der Waals surface area contributed by atoms with E-state index in [-0.39, 0.29) is 18.5 Å². The van der Waals surface area contributed by atoms with Gasteiger partial charge in [0.15, 0.2) is 6.61 Å². The van der Waals surface area contributed by atoms with Crippen molar-refractivity contribution in [3.05, 3.63) is 29.8 Å². The second-order valence-corrected chi connectivity index (χ2v) is 6.28. The van der Waals surface area contributed by atoms with Crippen LogP contribution >= 0.6 is 0 Å². The number of carbonyl (C=O) groups excluding carboxylic acids is 2. The first-order chi connectivity index (χ1) is 11.7. The topological polar surface area (TPSA) is 79.2 Å². The smallest absolute Gasteiger partial charge is 0.306 e. The molecule has 1 saturated carbocycles. The maximum absolute atomic E-state index is 11.8. The Morgan fingerprint density at radius 1 is 1.17 bits per heavy atom. The highest BCUT2D eigenvalue weighted by atomic mass is 16.5. The highest BCUT2D eigenvalue weighted by Crippen LogP contribution is 2.27. The van der Waals surface area contributed by atoms with E-state index in [1.54, 1.807) is 24.3 Å². The summed E-state index contributed by atoms with van der Waals surface area (Å²) in [5.74, 6) is -0.0267. The molecule has 0 aliphatic heterocycles. The van der Waals surface area contributed by atoms with Crippen LogP contribution in [0.25, 0.3) is 0 Å². The Balaban J connectivity index is 1.64. The zero-order chi connectivity index (χ0) is 17.2. The van der Waals surface area contributed by atoms with E-state index in [0.717, 1.165) is 12.0 Å². The first-order valence-corrected chi connectivity index (χ1v) is 8.58. The van der Waals surface area contributed by atoms with Gasteiger partial charge in [0.1, 0.15) is 0 Å². The van der Waals surface area contributed by atoms with Gasteiger partial charge in [-0.1, -0.05) is 44.2 Å². The van der Waals surface area contributed by atoms with Crippen LogP contribution in [0.3, 0.4) is 0 Å². The lowest BCUT2D eigenvalue weighted by Crippen LogP contribution is -2.21. The molecule has 0 heterocycles. The summed E-state index contributed by atoms with van der Waals surface area (Å²) in [5, 5.41) is 11.3. The van der Waals surface area contributed by atoms with Crippen molar-refractivity contribution in [1.29, 1.82) is 5.26 Å². The number of anilines is 1. The quantitative estimate of drug-likeness (QED) is 0.776. The SMILES string of the molecule is N#CCc1ccc(NC(=O)COC(=O)CCC2CCCCC2)cc1. The molecule has 1 aromatic carbocycles. The maximum Gasteiger partial charge on any atom is 0.306 e. The van der Waals surface area contributed by atoms with E-state index in [1.807, 2.05) is 0 Å². The molecule has 1 aromatic rings. The molecule has 0 radical (unpaired) electrons. The Bertz CT molecular complexity index is 584. The molecule has 0 atom stereocenters. The molecule has 0 aromatic heterocycles. The summed E-state index contributed by atoms with van der Waals surface area (Å²) in [4.78, 5) is 23.5. The van der Waals surface area contributed by atoms with Crippen LogP contribution in [0.1, 0.15) is 50.5 Å². The second kappa shape index (κ2) is 9.71. The van der Waals surface area contributed by atoms with Gasteiger partial charge >= 0.3 is 5.97 Å². The normalized spacial score (nSPS) is 14.6. The minimum Gasteiger partial charge on any atom is -0.456 e. The summed E-state index contributed by atoms with van der Waals surface area (Å²) < 4.78 is 5.04. The van der Waals surface area contributed by atoms with Crippen LogP contribution in [0.15, 0.2) is 24.3 Å². The van der Waals surface area contributed by atoms with Crippen LogP contribution in [0.2, 0.25) is 0 Å². The number of ether oxygens (including phenoxy) is 1. The maximum atomic E-state index is 11.8. The molecule has 128 valence electrons. The van der Waals surface area contributed by atoms with Gasteiger partial charge in [-0.05, 0) is 30.0 Å². The highest BCUT2D eigenvalue weighted by molar-refractivity contribution is 5.92. The van der Waals surface area contributed by atoms with Crippen LogP contribution in [0.4, 0.5) is 5.69 Å². The Hall–Kier alpha value is -2.35. The Kier molecular flexibility index (Phi) is 7.28. The number of nitriles is 1. The summed E-state index contributed by atoms with van der Waals surface area (Å²) >= 11 is 0. The third kappa shape index (κ3) is 6.41. The molecule has 0 saturated heterocycles. The highest BCUT2D eigenvalue weighted by Gasteiger charge is 2.16. The van der Waals surface area contributed by atoms with Crippen LogP contribution in [0.5, 0.6) is 0 Å². The van der Waals surface area contributed by atoms with Gasteiger partial charge < -0.3 is 10.1 Å². The molecule has 0 bridgehead atoms. The first-order valence-electron chi connectivity index (χ1n) is 8.58. The van der Waals surface area contributed by atoms with Crippen molar-refractivity contribution < 1.29 is 14.3 Å². The van der Waals surface area contributed by atoms with Gasteiger partial charge in [0.2, 0.25) is 0 Å². The van der Waals surface area contributed by atoms with Crippen molar-refractivity contribution >= 4 is 17.6 Å². The molecular weight excluding hydrogens is 304 g/mol. The minimum atomic E-state index is -0.353. The Morgan fingerprint density at radius 2 is 1.88 bits per heavy atom. The zero-order valence-electron chi connectivity index (χ0n) is 13.9. The molecule has 1 aliphatic rings. The van der Waals surface area contributed by atoms with Crippen LogP contribution in [-0.2, 0) is 20.7 Å². The van der Waals surface area contributed by atoms with Gasteiger partial charge in [-0.25, -0.2) is 0 Å². The van der Waals surface area contributed by atoms with E-state index < -0.39 is 0 Å². The molecule has 1 N–H and O–H groups in total. The summed E-state index contributed by atoms with van der Waals surface area (Å²) in [7, 11) is 0. The number of esters is 1. The Labute approximate surface area is 143 Å². The lowest BCUT2D eigenvalue weighted by molar-refractivity contribution is -0.147. The number of hydrogen-bond donors (Lipinski definition) is 1. The average molecular weight is 328 g/mol. The summed E-state index contributed by atoms with van der Waals surface area (Å²) in [6.45, 7) is -0.260. The number of benzene rings is 1. The van der Waals surface area contributed by atoms with Crippen molar-refractivity contribution in [3.63, 3.8) is 0 Å². The largest absolute Gasteiger partial charge is 0.456 e. The van der Waals surface area contributed by atoms with Crippen molar-refractivity contribution in [1.82, 2.24) is 0 Å². The molecule has 2 rings (SSSR count). The van der Waals surface area contributed by atoms with Crippen molar-refractivity contribution in [2.45, 2.75) is 51.4 Å². The average Bonchev–Trinajstić information content (AvgIpc) is 2.61. The summed E-state index contributed by atoms with van der Waals surface area (Å²) in [6, 6.07) is 9.10. The fourth-order valence-electron chi connectivity index (χ4n) is 3.01. The summed E-state index contributed by atoms with van der Waals surface area (Å²) in [6.07, 6.45) is 7.82. The molecule has 5 nitrogen and oxygen atoms in total. The monoisotopic (exact) mass is 328 g/mol. The predicted octanol–water partition coefficient (Wildman–Crippen LogP) is 3.59. The number of rotatable bonds is 7. The van der Waals surface area contributed by atoms with E-state index in [2.05, 4.69) is 11.4 Å². The lowest BCUT2D eigenvalue weighted by atomic mass is 9.86. The van der Waals surface area contributed by atoms with Gasteiger partial charge in [-0.3, -0.25) is 9.59 Å². The number of amides is 1. The number of nitrogens with one attached hydrogen (secondary N) is 1. The molecular formula is C19H24N2O3. The molecule has 0 spiro atoms. The minimum absolute atomic E-state index is 0.260. The number of hydrogen-bond acceptors (Lipinski definition) is 4. The third-order valence-corrected chi connectivity index (χ3v) is 4.37. The van der Waals surface area contributed by atoms with Crippen molar-refractivity contribution in [3.8, 4) is 6.07 Å². The van der Waals surface area contributed by atoms with Crippen LogP contribution in [-0.4, -0.2) is 18.5 Å². The van der Waals surface area contributed by atoms with Gasteiger partial charge in [0.05, 0.1) is 12.5 Å². The number of carbonyl (C=O) groups is 2. The first kappa shape index (κ1) is 18.0. The second-order valence-electron chi connectivity index (χ2n) is 6.28. The van der Waals surface area contributed by atoms with Gasteiger partial charge in [-0.15, -0.1) is 0 Å². The zero-order valence-corrected chi connectivity index (χ0v) is 13.9. The van der Waals surface area contributed by atoms with E-state index in [0.29, 0.717) is 24.4 Å². The molecule has 1 amide bonds. The van der Waals surface area contributed by atoms with Gasteiger partial charge in [0.25, 0.3) is 5.91 Å². The van der Waals surface area contributed by atoms with E-state index >= 15 is 0 Å². The summed E-state index contributed by atoms with van der Waals surface area (Å²) in [5.41, 5.74) is 1.52. The van der Waals surface area contributed by atoms with E-state index in [4.69, 9.17) is 10.00 Å². The standard InChI is InChI=1S/C19H24N2O3/c20-13-12-16-6-9-17(10-7-16)21-18(22)14-24-19(23)11-8-15-4-2-1-3-5-15/h6-7,9-10,15H,1-5,8,11-12,14H2,(H,21,22). The molecule has 1 fully saturated rings. The fraction of sp³-hybridized carbons (Fsp3) is 0.526. The van der Waals surface area contributed by atoms with Gasteiger partial charge in [0, 0.05) is 12.1 Å². The van der Waals surface area contributed by atoms with Crippen molar-refractivity contribution in [2.24, 2.45) is 5.92 Å². The van der Waals surface area contributed by atoms with Gasteiger partial charge in [-0.2, -0.15) is 5.26 Å². The Morgan fingerprint density at radius 3 is 2.54 bits per heavy atom. The van der Waals surface area contributed by atoms with E-state index in [9.17, 15) is 9.59 Å². The molecule has 1 aliphatic carbocycles. The number of nitrogens with zero attached hydrogens (tertiary/aromatic N) is 1. The third-order valence-electron chi connectivity index (χ3n) is 4.37. The fourth-order valence-corrected chi connectivity index (χ4v) is 3.01. The van der Waals surface area contributed by atoms with Crippen LogP contribution < -0.4 is 5.32 Å². The predicted molar refractivity (Wildman–Crippen MR) is 91.2 cm³/mol. The molecule has 5 heteroatoms. The molecule has 24 heavy (non-hydrogen) atoms. The van der Waals surface area contributed by atoms with Crippen molar-refractivity contribution in [2.75, 3.05) is 11.9 Å². The van der Waals surface area contributed by atoms with E-state index in [1.165, 1.54) is 32.1 Å². The molecule has 0 unspecified atom stereocenters. The van der Waals surface area contributed by atoms with Crippen LogP contribution in [0, 0.1) is 17.2 Å². The lowest BCUT2D eigenvalue weighted by Gasteiger charge is -2.20.